The van der Waals surface area contributed by atoms with Gasteiger partial charge in [-0.1, -0.05) is 0 Å². The maximum absolute atomic E-state index is 6.47. The van der Waals surface area contributed by atoms with E-state index >= 15 is 0 Å². The second-order valence-corrected chi connectivity index (χ2v) is 0. The van der Waals surface area contributed by atoms with Crippen LogP contribution in [0.1, 0.15) is 0 Å². The van der Waals surface area contributed by atoms with Crippen molar-refractivity contribution in [3.63, 3.8) is 0 Å². The maximum atomic E-state index is 6.47. The van der Waals surface area contributed by atoms with Gasteiger partial charge in [-0.25, -0.2) is 0 Å². The van der Waals surface area contributed by atoms with Crippen molar-refractivity contribution in [2.24, 2.45) is 0 Å². The van der Waals surface area contributed by atoms with E-state index in [1.165, 1.54) is 0 Å². The molecule has 1 nitrogen and oxygen atoms in total. The van der Waals surface area contributed by atoms with E-state index in [0.717, 1.165) is 0 Å². The first-order valence-electron chi connectivity index (χ1n) is 0.169. The summed E-state index contributed by atoms with van der Waals surface area (Å²) >= 11 is 3.64. The Balaban J connectivity index is -0.00000000500. The molecule has 0 radical (unpaired) electrons. The van der Waals surface area contributed by atoms with Gasteiger partial charge in [-0.05, 0) is 0 Å². The minimum absolute atomic E-state index is 0. The molecule has 4 heavy (non-hydrogen) atoms. The summed E-state index contributed by atoms with van der Waals surface area (Å²) < 4.78 is 6.47. The summed E-state index contributed by atoms with van der Waals surface area (Å²) in [5.74, 6) is 0. The van der Waals surface area contributed by atoms with Crippen molar-refractivity contribution < 1.29 is 4.66 Å². The third kappa shape index (κ3) is 8.84. The van der Waals surface area contributed by atoms with Crippen LogP contribution >= 0.6 is 28.8 Å². The Bertz CT molecular complexity index is 8.00. The monoisotopic (exact) mass is 172 g/mol. The molecule has 0 spiro atoms. The fraction of sp³-hybridized carbons (Fsp3) is 0. The van der Waals surface area contributed by atoms with Crippen molar-refractivity contribution in [1.82, 2.24) is 0 Å². The number of hydrogen-bond donors (Lipinski definition) is 1. The van der Waals surface area contributed by atoms with E-state index in [0.29, 0.717) is 0 Å². The summed E-state index contributed by atoms with van der Waals surface area (Å²) in [7, 11) is 0. The Morgan fingerprint density at radius 1 is 1.25 bits per heavy atom. The van der Waals surface area contributed by atoms with Crippen LogP contribution < -0.4 is 0 Å². The molecule has 0 rings (SSSR count). The van der Waals surface area contributed by atoms with Crippen molar-refractivity contribution in [3.8, 4) is 0 Å². The molecule has 4 heteroatoms. The van der Waals surface area contributed by atoms with E-state index in [1.807, 2.05) is 0 Å². The molecule has 1 N–H and O–H groups in total. The molecule has 0 aromatic carbocycles. The molecule has 0 amide bonds. The molecule has 0 saturated carbocycles. The van der Waals surface area contributed by atoms with Crippen molar-refractivity contribution in [2.75, 3.05) is 0 Å². The SMILES string of the molecule is Br.OCl.[KH]. The van der Waals surface area contributed by atoms with Crippen LogP contribution in [-0.4, -0.2) is 56.0 Å². The van der Waals surface area contributed by atoms with Gasteiger partial charge in [0.2, 0.25) is 0 Å². The number of halogens is 2. The van der Waals surface area contributed by atoms with Crippen LogP contribution in [0.15, 0.2) is 0 Å². The molecule has 0 heterocycles. The van der Waals surface area contributed by atoms with E-state index in [9.17, 15) is 0 Å². The standard InChI is InChI=1S/BrH.ClHO.K.H/c;1-2;;/h1H;2H;;. The van der Waals surface area contributed by atoms with E-state index in [2.05, 4.69) is 11.9 Å². The second kappa shape index (κ2) is 18.3. The molecular weight excluding hydrogens is 170 g/mol. The van der Waals surface area contributed by atoms with Crippen molar-refractivity contribution in [3.05, 3.63) is 0 Å². The van der Waals surface area contributed by atoms with Gasteiger partial charge < -0.3 is 0 Å². The van der Waals surface area contributed by atoms with Gasteiger partial charge in [0.25, 0.3) is 0 Å². The van der Waals surface area contributed by atoms with Crippen LogP contribution in [0.3, 0.4) is 0 Å². The molecule has 0 aliphatic carbocycles. The Labute approximate surface area is 83.1 Å². The topological polar surface area (TPSA) is 20.2 Å². The molecule has 0 bridgehead atoms. The van der Waals surface area contributed by atoms with Gasteiger partial charge in [0, 0.05) is 0 Å². The Hall–Kier alpha value is 2.37. The molecule has 0 aromatic heterocycles. The van der Waals surface area contributed by atoms with Gasteiger partial charge in [0.05, 0.1) is 11.9 Å². The summed E-state index contributed by atoms with van der Waals surface area (Å²) in [6.45, 7) is 0. The predicted molar refractivity (Wildman–Crippen MR) is 25.5 cm³/mol. The molecule has 0 atom stereocenters. The van der Waals surface area contributed by atoms with E-state index in [4.69, 9.17) is 4.66 Å². The summed E-state index contributed by atoms with van der Waals surface area (Å²) in [5.41, 5.74) is 0. The van der Waals surface area contributed by atoms with Crippen LogP contribution in [-0.2, 0) is 0 Å². The molecule has 24 valence electrons. The predicted octanol–water partition coefficient (Wildman–Crippen LogP) is 0.0619. The first-order chi connectivity index (χ1) is 1.00. The van der Waals surface area contributed by atoms with Gasteiger partial charge >= 0.3 is 51.4 Å². The fourth-order valence-electron chi connectivity index (χ4n) is 0. The van der Waals surface area contributed by atoms with E-state index < -0.39 is 0 Å². The van der Waals surface area contributed by atoms with E-state index in [-0.39, 0.29) is 68.4 Å². The number of hydrogen-bond acceptors (Lipinski definition) is 1. The number of rotatable bonds is 0. The average Bonchev–Trinajstić information content (AvgIpc) is 1.00. The molecule has 0 unspecified atom stereocenters. The third-order valence-electron chi connectivity index (χ3n) is 0. The summed E-state index contributed by atoms with van der Waals surface area (Å²) in [5, 5.41) is 0. The molecule has 0 aliphatic rings. The van der Waals surface area contributed by atoms with E-state index in [1.54, 1.807) is 0 Å². The zero-order valence-corrected chi connectivity index (χ0v) is 3.70. The zero-order valence-electron chi connectivity index (χ0n) is 1.23. The van der Waals surface area contributed by atoms with Crippen molar-refractivity contribution in [2.45, 2.75) is 0 Å². The normalized spacial score (nSPS) is 1.50. The fourth-order valence-corrected chi connectivity index (χ4v) is 0. The van der Waals surface area contributed by atoms with Crippen molar-refractivity contribution >= 4 is 80.2 Å². The van der Waals surface area contributed by atoms with Gasteiger partial charge in [-0.15, -0.1) is 17.0 Å². The Kier molecular flexibility index (Phi) is 73.9. The van der Waals surface area contributed by atoms with Crippen molar-refractivity contribution in [1.29, 1.82) is 0 Å². The van der Waals surface area contributed by atoms with Crippen LogP contribution in [0.4, 0.5) is 0 Å². The molecule has 0 saturated heterocycles. The molecule has 0 aromatic rings. The Morgan fingerprint density at radius 2 is 1.25 bits per heavy atom. The molecule has 0 fully saturated rings. The van der Waals surface area contributed by atoms with Crippen LogP contribution in [0.5, 0.6) is 0 Å². The van der Waals surface area contributed by atoms with Gasteiger partial charge in [0.15, 0.2) is 0 Å². The molecule has 0 aliphatic heterocycles. The second-order valence-electron chi connectivity index (χ2n) is 0. The zero-order chi connectivity index (χ0) is 2.00. The van der Waals surface area contributed by atoms with Crippen LogP contribution in [0.2, 0.25) is 0 Å². The van der Waals surface area contributed by atoms with Crippen LogP contribution in [0, 0.1) is 0 Å². The summed E-state index contributed by atoms with van der Waals surface area (Å²) in [4.78, 5) is 0. The average molecular weight is 173 g/mol. The minimum atomic E-state index is 0. The van der Waals surface area contributed by atoms with Gasteiger partial charge in [0.1, 0.15) is 0 Å². The molecular formula is H3BrClKO. The van der Waals surface area contributed by atoms with Crippen LogP contribution in [0.25, 0.3) is 0 Å². The quantitative estimate of drug-likeness (QED) is 0.514. The third-order valence-corrected chi connectivity index (χ3v) is 0. The first-order valence-corrected chi connectivity index (χ1v) is 0.507. The van der Waals surface area contributed by atoms with Gasteiger partial charge in [-0.2, -0.15) is 0 Å². The van der Waals surface area contributed by atoms with Gasteiger partial charge in [-0.3, -0.25) is 4.66 Å². The first kappa shape index (κ1) is 16.2. The summed E-state index contributed by atoms with van der Waals surface area (Å²) in [6.07, 6.45) is 0. The Morgan fingerprint density at radius 3 is 1.25 bits per heavy atom. The summed E-state index contributed by atoms with van der Waals surface area (Å²) in [6, 6.07) is 0.